The van der Waals surface area contributed by atoms with Gasteiger partial charge in [0.1, 0.15) is 0 Å². The number of sulfone groups is 1. The number of nitrogens with zero attached hydrogens (tertiary/aromatic N) is 2. The smallest absolute Gasteiger partial charge is 0.178 e. The van der Waals surface area contributed by atoms with Crippen LogP contribution >= 0.6 is 0 Å². The molecule has 4 nitrogen and oxygen atoms in total. The third-order valence-electron chi connectivity index (χ3n) is 2.77. The number of rotatable bonds is 5. The van der Waals surface area contributed by atoms with Gasteiger partial charge in [0.2, 0.25) is 0 Å². The molecule has 0 aromatic heterocycles. The summed E-state index contributed by atoms with van der Waals surface area (Å²) in [6, 6.07) is 10.5. The van der Waals surface area contributed by atoms with E-state index in [2.05, 4.69) is 0 Å². The van der Waals surface area contributed by atoms with Crippen LogP contribution in [0.25, 0.3) is 0 Å². The maximum Gasteiger partial charge on any atom is 0.178 e. The maximum absolute atomic E-state index is 11.6. The SMILES string of the molecule is CCS(=O)(=O)c1ccc(C(CC#N)CC#N)cc1. The molecule has 0 heterocycles. The van der Waals surface area contributed by atoms with E-state index in [0.29, 0.717) is 0 Å². The van der Waals surface area contributed by atoms with Crippen molar-refractivity contribution in [2.75, 3.05) is 5.75 Å². The standard InChI is InChI=1S/C13H14N2O2S/c1-2-18(16,17)13-5-3-11(4-6-13)12(7-9-14)8-10-15/h3-6,12H,2,7-8H2,1H3. The summed E-state index contributed by atoms with van der Waals surface area (Å²) in [6.07, 6.45) is 0.515. The van der Waals surface area contributed by atoms with E-state index in [1.165, 1.54) is 12.1 Å². The molecule has 18 heavy (non-hydrogen) atoms. The number of hydrogen-bond acceptors (Lipinski definition) is 4. The largest absolute Gasteiger partial charge is 0.224 e. The van der Waals surface area contributed by atoms with Gasteiger partial charge in [-0.1, -0.05) is 19.1 Å². The molecule has 0 saturated carbocycles. The summed E-state index contributed by atoms with van der Waals surface area (Å²) in [5.74, 6) is -0.0926. The third-order valence-corrected chi connectivity index (χ3v) is 4.52. The molecule has 0 aliphatic heterocycles. The van der Waals surface area contributed by atoms with E-state index in [9.17, 15) is 8.42 Å². The molecule has 1 rings (SSSR count). The van der Waals surface area contributed by atoms with Crippen LogP contribution in [0.2, 0.25) is 0 Å². The summed E-state index contributed by atoms with van der Waals surface area (Å²) < 4.78 is 23.3. The topological polar surface area (TPSA) is 81.7 Å². The van der Waals surface area contributed by atoms with Gasteiger partial charge in [0.15, 0.2) is 9.84 Å². The molecular weight excluding hydrogens is 248 g/mol. The molecule has 0 unspecified atom stereocenters. The van der Waals surface area contributed by atoms with Crippen LogP contribution in [-0.4, -0.2) is 14.2 Å². The predicted molar refractivity (Wildman–Crippen MR) is 67.4 cm³/mol. The number of hydrogen-bond donors (Lipinski definition) is 0. The molecule has 0 fully saturated rings. The van der Waals surface area contributed by atoms with Gasteiger partial charge in [0.05, 0.1) is 22.8 Å². The van der Waals surface area contributed by atoms with Crippen LogP contribution in [0.5, 0.6) is 0 Å². The van der Waals surface area contributed by atoms with Crippen LogP contribution in [0.15, 0.2) is 29.2 Å². The molecule has 5 heteroatoms. The summed E-state index contributed by atoms with van der Waals surface area (Å²) in [7, 11) is -3.20. The van der Waals surface area contributed by atoms with Crippen LogP contribution in [0.3, 0.4) is 0 Å². The van der Waals surface area contributed by atoms with Gasteiger partial charge in [0.25, 0.3) is 0 Å². The van der Waals surface area contributed by atoms with E-state index in [4.69, 9.17) is 10.5 Å². The molecule has 0 bridgehead atoms. The fourth-order valence-electron chi connectivity index (χ4n) is 1.64. The van der Waals surface area contributed by atoms with Crippen LogP contribution in [0, 0.1) is 22.7 Å². The van der Waals surface area contributed by atoms with E-state index in [0.717, 1.165) is 5.56 Å². The molecule has 0 saturated heterocycles. The monoisotopic (exact) mass is 262 g/mol. The highest BCUT2D eigenvalue weighted by molar-refractivity contribution is 7.91. The van der Waals surface area contributed by atoms with Crippen molar-refractivity contribution < 1.29 is 8.42 Å². The Bertz CT molecular complexity index is 561. The Morgan fingerprint density at radius 3 is 2.00 bits per heavy atom. The molecule has 0 atom stereocenters. The van der Waals surface area contributed by atoms with Crippen molar-refractivity contribution in [1.82, 2.24) is 0 Å². The van der Waals surface area contributed by atoms with E-state index in [1.807, 2.05) is 12.1 Å². The highest BCUT2D eigenvalue weighted by atomic mass is 32.2. The molecule has 1 aromatic rings. The van der Waals surface area contributed by atoms with E-state index >= 15 is 0 Å². The van der Waals surface area contributed by atoms with Crippen molar-refractivity contribution in [3.8, 4) is 12.1 Å². The molecule has 1 aromatic carbocycles. The van der Waals surface area contributed by atoms with Gasteiger partial charge in [-0.25, -0.2) is 8.42 Å². The van der Waals surface area contributed by atoms with E-state index < -0.39 is 9.84 Å². The van der Waals surface area contributed by atoms with Crippen molar-refractivity contribution in [3.05, 3.63) is 29.8 Å². The Labute approximate surface area is 107 Å². The highest BCUT2D eigenvalue weighted by Gasteiger charge is 2.14. The van der Waals surface area contributed by atoms with Crippen LogP contribution in [0.4, 0.5) is 0 Å². The van der Waals surface area contributed by atoms with Crippen molar-refractivity contribution in [2.24, 2.45) is 0 Å². The summed E-state index contributed by atoms with van der Waals surface area (Å²) >= 11 is 0. The van der Waals surface area contributed by atoms with Crippen LogP contribution < -0.4 is 0 Å². The molecule has 0 aliphatic carbocycles. The summed E-state index contributed by atoms with van der Waals surface area (Å²) in [5, 5.41) is 17.4. The average Bonchev–Trinajstić information content (AvgIpc) is 2.39. The van der Waals surface area contributed by atoms with Gasteiger partial charge >= 0.3 is 0 Å². The maximum atomic E-state index is 11.6. The lowest BCUT2D eigenvalue weighted by Gasteiger charge is -2.10. The Morgan fingerprint density at radius 1 is 1.11 bits per heavy atom. The zero-order valence-corrected chi connectivity index (χ0v) is 10.9. The highest BCUT2D eigenvalue weighted by Crippen LogP contribution is 2.24. The van der Waals surface area contributed by atoms with Gasteiger partial charge in [0, 0.05) is 18.8 Å². The molecule has 94 valence electrons. The van der Waals surface area contributed by atoms with Gasteiger partial charge in [-0.2, -0.15) is 10.5 Å². The molecule has 0 N–H and O–H groups in total. The van der Waals surface area contributed by atoms with Crippen molar-refractivity contribution >= 4 is 9.84 Å². The number of nitriles is 2. The summed E-state index contributed by atoms with van der Waals surface area (Å²) in [6.45, 7) is 1.59. The second-order valence-corrected chi connectivity index (χ2v) is 6.17. The minimum absolute atomic E-state index is 0.0617. The quantitative estimate of drug-likeness (QED) is 0.815. The Kier molecular flexibility index (Phi) is 4.88. The first-order valence-electron chi connectivity index (χ1n) is 5.61. The molecule has 0 amide bonds. The van der Waals surface area contributed by atoms with E-state index in [1.54, 1.807) is 19.1 Å². The lowest BCUT2D eigenvalue weighted by Crippen LogP contribution is -2.04. The fourth-order valence-corrected chi connectivity index (χ4v) is 2.53. The Hall–Kier alpha value is -1.85. The molecular formula is C13H14N2O2S. The summed E-state index contributed by atoms with van der Waals surface area (Å²) in [5.41, 5.74) is 0.827. The Morgan fingerprint density at radius 2 is 1.61 bits per heavy atom. The average molecular weight is 262 g/mol. The molecule has 0 radical (unpaired) electrons. The minimum Gasteiger partial charge on any atom is -0.224 e. The summed E-state index contributed by atoms with van der Waals surface area (Å²) in [4.78, 5) is 0.279. The fraction of sp³-hybridized carbons (Fsp3) is 0.385. The van der Waals surface area contributed by atoms with Crippen molar-refractivity contribution in [3.63, 3.8) is 0 Å². The first-order chi connectivity index (χ1) is 8.55. The predicted octanol–water partition coefficient (Wildman–Crippen LogP) is 2.39. The first kappa shape index (κ1) is 14.2. The van der Waals surface area contributed by atoms with Gasteiger partial charge in [-0.3, -0.25) is 0 Å². The van der Waals surface area contributed by atoms with Crippen LogP contribution in [-0.2, 0) is 9.84 Å². The molecule has 0 spiro atoms. The Balaban J connectivity index is 3.02. The lowest BCUT2D eigenvalue weighted by atomic mass is 9.94. The van der Waals surface area contributed by atoms with Crippen molar-refractivity contribution in [1.29, 1.82) is 10.5 Å². The van der Waals surface area contributed by atoms with Crippen LogP contribution in [0.1, 0.15) is 31.2 Å². The minimum atomic E-state index is -3.20. The van der Waals surface area contributed by atoms with Crippen molar-refractivity contribution in [2.45, 2.75) is 30.6 Å². The van der Waals surface area contributed by atoms with Gasteiger partial charge < -0.3 is 0 Å². The van der Waals surface area contributed by atoms with Gasteiger partial charge in [-0.05, 0) is 17.7 Å². The number of benzene rings is 1. The van der Waals surface area contributed by atoms with E-state index in [-0.39, 0.29) is 29.4 Å². The molecule has 0 aliphatic rings. The second-order valence-electron chi connectivity index (χ2n) is 3.89. The lowest BCUT2D eigenvalue weighted by molar-refractivity contribution is 0.597. The zero-order chi connectivity index (χ0) is 13.6. The third kappa shape index (κ3) is 3.32. The second kappa shape index (κ2) is 6.18. The zero-order valence-electron chi connectivity index (χ0n) is 10.1. The van der Waals surface area contributed by atoms with Gasteiger partial charge in [-0.15, -0.1) is 0 Å². The normalized spacial score (nSPS) is 10.9. The first-order valence-corrected chi connectivity index (χ1v) is 7.27.